The summed E-state index contributed by atoms with van der Waals surface area (Å²) >= 11 is 4.66. The van der Waals surface area contributed by atoms with E-state index < -0.39 is 22.1 Å². The SMILES string of the molecule is O=C(NN1C(=O)/C(=C/c2cccc(Br)c2)SC1c1cccc([N+](=O)[O-])c1)c1ccc(-c2ccccc2)cc1. The minimum absolute atomic E-state index is 0.0947. The van der Waals surface area contributed by atoms with Gasteiger partial charge in [-0.15, -0.1) is 0 Å². The second-order valence-corrected chi connectivity index (χ2v) is 10.5. The highest BCUT2D eigenvalue weighted by atomic mass is 79.9. The summed E-state index contributed by atoms with van der Waals surface area (Å²) in [5.41, 5.74) is 6.33. The van der Waals surface area contributed by atoms with Gasteiger partial charge < -0.3 is 0 Å². The van der Waals surface area contributed by atoms with Crippen molar-refractivity contribution >= 4 is 51.3 Å². The molecule has 9 heteroatoms. The number of carbonyl (C=O) groups is 2. The lowest BCUT2D eigenvalue weighted by Gasteiger charge is -2.24. The van der Waals surface area contributed by atoms with E-state index in [0.29, 0.717) is 16.0 Å². The number of nitro groups is 1. The number of nitrogens with one attached hydrogen (secondary N) is 1. The Morgan fingerprint density at radius 1 is 0.921 bits per heavy atom. The molecule has 0 bridgehead atoms. The third-order valence-electron chi connectivity index (χ3n) is 5.89. The zero-order valence-corrected chi connectivity index (χ0v) is 22.2. The number of amides is 2. The van der Waals surface area contributed by atoms with Crippen molar-refractivity contribution in [2.24, 2.45) is 0 Å². The third kappa shape index (κ3) is 5.53. The van der Waals surface area contributed by atoms with E-state index in [9.17, 15) is 19.7 Å². The van der Waals surface area contributed by atoms with Crippen molar-refractivity contribution in [1.29, 1.82) is 0 Å². The van der Waals surface area contributed by atoms with Crippen LogP contribution in [0.15, 0.2) is 113 Å². The van der Waals surface area contributed by atoms with Gasteiger partial charge in [-0.25, -0.2) is 5.01 Å². The van der Waals surface area contributed by atoms with Crippen molar-refractivity contribution in [1.82, 2.24) is 10.4 Å². The Morgan fingerprint density at radius 3 is 2.34 bits per heavy atom. The Labute approximate surface area is 231 Å². The summed E-state index contributed by atoms with van der Waals surface area (Å²) in [5.74, 6) is -0.863. The maximum atomic E-state index is 13.5. The maximum absolute atomic E-state index is 13.5. The molecule has 1 aliphatic heterocycles. The third-order valence-corrected chi connectivity index (χ3v) is 7.64. The summed E-state index contributed by atoms with van der Waals surface area (Å²) in [6.07, 6.45) is 1.74. The molecule has 0 radical (unpaired) electrons. The lowest BCUT2D eigenvalue weighted by molar-refractivity contribution is -0.384. The molecule has 0 saturated carbocycles. The minimum atomic E-state index is -0.687. The Morgan fingerprint density at radius 2 is 1.63 bits per heavy atom. The zero-order valence-electron chi connectivity index (χ0n) is 19.8. The molecule has 0 aromatic heterocycles. The largest absolute Gasteiger partial charge is 0.280 e. The molecule has 1 aliphatic rings. The number of halogens is 1. The van der Waals surface area contributed by atoms with Gasteiger partial charge in [-0.3, -0.25) is 25.1 Å². The Bertz CT molecular complexity index is 1560. The van der Waals surface area contributed by atoms with Crippen LogP contribution in [0.5, 0.6) is 0 Å². The van der Waals surface area contributed by atoms with E-state index in [-0.39, 0.29) is 5.69 Å². The smallest absolute Gasteiger partial charge is 0.267 e. The second kappa shape index (κ2) is 11.0. The van der Waals surface area contributed by atoms with Gasteiger partial charge in [0.05, 0.1) is 9.83 Å². The highest BCUT2D eigenvalue weighted by molar-refractivity contribution is 9.10. The molecule has 188 valence electrons. The number of hydrazine groups is 1. The van der Waals surface area contributed by atoms with Gasteiger partial charge in [-0.05, 0) is 52.6 Å². The van der Waals surface area contributed by atoms with E-state index in [1.807, 2.05) is 66.7 Å². The van der Waals surface area contributed by atoms with Crippen LogP contribution in [-0.4, -0.2) is 21.7 Å². The highest BCUT2D eigenvalue weighted by Crippen LogP contribution is 2.45. The predicted octanol–water partition coefficient (Wildman–Crippen LogP) is 6.98. The fourth-order valence-electron chi connectivity index (χ4n) is 4.03. The van der Waals surface area contributed by atoms with Gasteiger partial charge in [0.2, 0.25) is 0 Å². The van der Waals surface area contributed by atoms with Gasteiger partial charge in [0, 0.05) is 22.2 Å². The fourth-order valence-corrected chi connectivity index (χ4v) is 5.63. The summed E-state index contributed by atoms with van der Waals surface area (Å²) in [6, 6.07) is 30.4. The summed E-state index contributed by atoms with van der Waals surface area (Å²) in [5, 5.41) is 11.9. The molecular formula is C29H20BrN3O4S. The number of thioether (sulfide) groups is 1. The first-order valence-electron chi connectivity index (χ1n) is 11.6. The number of hydrogen-bond acceptors (Lipinski definition) is 5. The molecule has 4 aromatic carbocycles. The van der Waals surface area contributed by atoms with Gasteiger partial charge in [-0.1, -0.05) is 94.4 Å². The van der Waals surface area contributed by atoms with Gasteiger partial charge in [0.1, 0.15) is 5.37 Å². The van der Waals surface area contributed by atoms with Gasteiger partial charge in [0.25, 0.3) is 17.5 Å². The Kier molecular flexibility index (Phi) is 7.39. The molecule has 5 rings (SSSR count). The van der Waals surface area contributed by atoms with Crippen molar-refractivity contribution in [2.45, 2.75) is 5.37 Å². The van der Waals surface area contributed by atoms with Crippen molar-refractivity contribution in [3.63, 3.8) is 0 Å². The van der Waals surface area contributed by atoms with E-state index >= 15 is 0 Å². The van der Waals surface area contributed by atoms with Crippen LogP contribution in [0.3, 0.4) is 0 Å². The number of rotatable bonds is 6. The van der Waals surface area contributed by atoms with Crippen LogP contribution >= 0.6 is 27.7 Å². The van der Waals surface area contributed by atoms with E-state index in [4.69, 9.17) is 0 Å². The summed E-state index contributed by atoms with van der Waals surface area (Å²) < 4.78 is 0.863. The molecule has 1 N–H and O–H groups in total. The molecule has 4 aromatic rings. The fraction of sp³-hybridized carbons (Fsp3) is 0.0345. The van der Waals surface area contributed by atoms with Crippen LogP contribution in [-0.2, 0) is 4.79 Å². The average molecular weight is 586 g/mol. The molecule has 2 amide bonds. The quantitative estimate of drug-likeness (QED) is 0.150. The summed E-state index contributed by atoms with van der Waals surface area (Å²) in [7, 11) is 0. The standard InChI is InChI=1S/C29H20BrN3O4S/c30-24-10-4-6-19(16-24)17-26-28(35)32(29(38-26)23-9-5-11-25(18-23)33(36)37)31-27(34)22-14-12-21(13-15-22)20-7-2-1-3-8-20/h1-18,29H,(H,31,34)/b26-17-. The highest BCUT2D eigenvalue weighted by Gasteiger charge is 2.39. The van der Waals surface area contributed by atoms with Gasteiger partial charge >= 0.3 is 0 Å². The van der Waals surface area contributed by atoms with Crippen molar-refractivity contribution < 1.29 is 14.5 Å². The van der Waals surface area contributed by atoms with E-state index in [0.717, 1.165) is 21.2 Å². The minimum Gasteiger partial charge on any atom is -0.267 e. The average Bonchev–Trinajstić information content (AvgIpc) is 3.23. The monoisotopic (exact) mass is 585 g/mol. The van der Waals surface area contributed by atoms with Crippen molar-refractivity contribution in [2.75, 3.05) is 0 Å². The molecule has 7 nitrogen and oxygen atoms in total. The van der Waals surface area contributed by atoms with E-state index in [1.54, 1.807) is 30.3 Å². The number of nitro benzene ring substituents is 1. The lowest BCUT2D eigenvalue weighted by Crippen LogP contribution is -2.44. The molecule has 1 saturated heterocycles. The number of nitrogens with zero attached hydrogens (tertiary/aromatic N) is 2. The van der Waals surface area contributed by atoms with Gasteiger partial charge in [0.15, 0.2) is 0 Å². The van der Waals surface area contributed by atoms with Crippen LogP contribution in [0.25, 0.3) is 17.2 Å². The molecular weight excluding hydrogens is 566 g/mol. The van der Waals surface area contributed by atoms with Crippen LogP contribution in [0.2, 0.25) is 0 Å². The van der Waals surface area contributed by atoms with Crippen LogP contribution < -0.4 is 5.43 Å². The van der Waals surface area contributed by atoms with Gasteiger partial charge in [-0.2, -0.15) is 0 Å². The first-order valence-corrected chi connectivity index (χ1v) is 13.2. The normalized spacial score (nSPS) is 16.0. The zero-order chi connectivity index (χ0) is 26.6. The summed E-state index contributed by atoms with van der Waals surface area (Å²) in [4.78, 5) is 38.0. The first-order chi connectivity index (χ1) is 18.4. The van der Waals surface area contributed by atoms with E-state index in [1.165, 1.54) is 28.9 Å². The lowest BCUT2D eigenvalue weighted by atomic mass is 10.0. The second-order valence-electron chi connectivity index (χ2n) is 8.45. The molecule has 1 fully saturated rings. The Balaban J connectivity index is 1.45. The molecule has 0 aliphatic carbocycles. The maximum Gasteiger partial charge on any atom is 0.280 e. The topological polar surface area (TPSA) is 92.6 Å². The molecule has 1 heterocycles. The molecule has 0 spiro atoms. The number of hydrogen-bond donors (Lipinski definition) is 1. The number of carbonyl (C=O) groups excluding carboxylic acids is 2. The summed E-state index contributed by atoms with van der Waals surface area (Å²) in [6.45, 7) is 0. The van der Waals surface area contributed by atoms with Crippen LogP contribution in [0.1, 0.15) is 26.9 Å². The van der Waals surface area contributed by atoms with Crippen LogP contribution in [0.4, 0.5) is 5.69 Å². The van der Waals surface area contributed by atoms with Crippen molar-refractivity contribution in [3.05, 3.63) is 139 Å². The Hall–Kier alpha value is -4.21. The predicted molar refractivity (Wildman–Crippen MR) is 152 cm³/mol. The van der Waals surface area contributed by atoms with E-state index in [2.05, 4.69) is 21.4 Å². The number of non-ortho nitro benzene ring substituents is 1. The van der Waals surface area contributed by atoms with Crippen LogP contribution in [0, 0.1) is 10.1 Å². The molecule has 1 atom stereocenters. The molecule has 1 unspecified atom stereocenters. The molecule has 38 heavy (non-hydrogen) atoms. The first kappa shape index (κ1) is 25.4. The van der Waals surface area contributed by atoms with Crippen molar-refractivity contribution in [3.8, 4) is 11.1 Å². The number of benzene rings is 4.